The average Bonchev–Trinajstić information content (AvgIpc) is 2.32. The lowest BCUT2D eigenvalue weighted by Gasteiger charge is -2.15. The van der Waals surface area contributed by atoms with Crippen LogP contribution in [0.4, 0.5) is 0 Å². The van der Waals surface area contributed by atoms with Gasteiger partial charge in [-0.15, -0.1) is 66.5 Å². The van der Waals surface area contributed by atoms with Crippen LogP contribution in [-0.4, -0.2) is 23.5 Å². The van der Waals surface area contributed by atoms with Gasteiger partial charge in [-0.3, -0.25) is 0 Å². The third-order valence-corrected chi connectivity index (χ3v) is 12.6. The summed E-state index contributed by atoms with van der Waals surface area (Å²) in [4.78, 5) is 0. The molecular formula is C12H24Cl6S3Si2. The first-order valence-electron chi connectivity index (χ1n) is 7.54. The zero-order chi connectivity index (χ0) is 17.9. The van der Waals surface area contributed by atoms with E-state index in [0.717, 1.165) is 36.4 Å². The molecule has 0 nitrogen and oxygen atoms in total. The van der Waals surface area contributed by atoms with E-state index < -0.39 is 12.0 Å². The lowest BCUT2D eigenvalue weighted by atomic mass is 10.1. The molecule has 0 aliphatic heterocycles. The Morgan fingerprint density at radius 3 is 1.35 bits per heavy atom. The zero-order valence-corrected chi connectivity index (χ0v) is 22.3. The molecule has 0 aromatic carbocycles. The second-order valence-corrected chi connectivity index (χ2v) is 28.7. The van der Waals surface area contributed by atoms with Crippen LogP contribution in [0.5, 0.6) is 0 Å². The number of hydrogen-bond donors (Lipinski definition) is 0. The van der Waals surface area contributed by atoms with Crippen LogP contribution in [0.25, 0.3) is 0 Å². The summed E-state index contributed by atoms with van der Waals surface area (Å²) < 4.78 is 0. The lowest BCUT2D eigenvalue weighted by Crippen LogP contribution is -2.14. The Kier molecular flexibility index (Phi) is 16.3. The Bertz CT molecular complexity index is 274. The molecule has 0 saturated heterocycles. The molecule has 2 atom stereocenters. The summed E-state index contributed by atoms with van der Waals surface area (Å²) in [6.45, 7) is 4.34. The normalized spacial score (nSPS) is 15.7. The average molecular weight is 533 g/mol. The summed E-state index contributed by atoms with van der Waals surface area (Å²) in [5.41, 5.74) is 0. The molecule has 0 aromatic heterocycles. The molecule has 0 aromatic rings. The highest BCUT2D eigenvalue weighted by molar-refractivity contribution is 9.09. The molecule has 0 amide bonds. The van der Waals surface area contributed by atoms with E-state index >= 15 is 0 Å². The number of halogens is 6. The van der Waals surface area contributed by atoms with Crippen LogP contribution in [0, 0.1) is 11.8 Å². The Labute approximate surface area is 183 Å². The van der Waals surface area contributed by atoms with Crippen LogP contribution in [0.2, 0.25) is 12.1 Å². The zero-order valence-electron chi connectivity index (χ0n) is 13.3. The molecule has 0 saturated carbocycles. The van der Waals surface area contributed by atoms with Crippen LogP contribution in [0.15, 0.2) is 0 Å². The molecule has 0 rings (SSSR count). The van der Waals surface area contributed by atoms with Crippen LogP contribution < -0.4 is 0 Å². The first-order valence-corrected chi connectivity index (χ1v) is 21.8. The fraction of sp³-hybridized carbons (Fsp3) is 1.00. The van der Waals surface area contributed by atoms with Gasteiger partial charge in [-0.05, 0) is 46.6 Å². The van der Waals surface area contributed by atoms with Crippen molar-refractivity contribution < 1.29 is 0 Å². The second-order valence-electron chi connectivity index (χ2n) is 5.85. The smallest absolute Gasteiger partial charge is 0.126 e. The van der Waals surface area contributed by atoms with Crippen LogP contribution >= 0.6 is 97.9 Å². The lowest BCUT2D eigenvalue weighted by molar-refractivity contribution is 0.577. The molecule has 0 aliphatic rings. The molecule has 0 N–H and O–H groups in total. The first-order chi connectivity index (χ1) is 10.5. The van der Waals surface area contributed by atoms with Crippen molar-refractivity contribution in [2.45, 2.75) is 51.6 Å². The highest BCUT2D eigenvalue weighted by Crippen LogP contribution is 2.37. The van der Waals surface area contributed by atoms with E-state index in [4.69, 9.17) is 66.5 Å². The predicted molar refractivity (Wildman–Crippen MR) is 126 cm³/mol. The van der Waals surface area contributed by atoms with E-state index in [2.05, 4.69) is 13.8 Å². The minimum absolute atomic E-state index is 0.510. The minimum Gasteiger partial charge on any atom is -0.126 e. The highest BCUT2D eigenvalue weighted by Gasteiger charge is 2.28. The van der Waals surface area contributed by atoms with E-state index in [1.165, 1.54) is 12.8 Å². The van der Waals surface area contributed by atoms with E-state index in [0.29, 0.717) is 11.8 Å². The molecule has 0 aliphatic carbocycles. The minimum atomic E-state index is -2.46. The SMILES string of the molecule is CC(CCCSSSCCCC(C)C[Si](Cl)(Cl)Cl)C[Si](Cl)(Cl)Cl. The van der Waals surface area contributed by atoms with Crippen LogP contribution in [0.3, 0.4) is 0 Å². The Morgan fingerprint density at radius 2 is 1.04 bits per heavy atom. The Hall–Kier alpha value is 3.22. The molecule has 0 heterocycles. The maximum absolute atomic E-state index is 5.93. The van der Waals surface area contributed by atoms with Crippen LogP contribution in [-0.2, 0) is 0 Å². The van der Waals surface area contributed by atoms with Gasteiger partial charge in [0.25, 0.3) is 0 Å². The molecule has 2 unspecified atom stereocenters. The highest BCUT2D eigenvalue weighted by atomic mass is 35.8. The second kappa shape index (κ2) is 14.3. The first kappa shape index (κ1) is 26.2. The van der Waals surface area contributed by atoms with Gasteiger partial charge < -0.3 is 0 Å². The van der Waals surface area contributed by atoms with E-state index in [-0.39, 0.29) is 0 Å². The third kappa shape index (κ3) is 21.4. The molecular weight excluding hydrogens is 509 g/mol. The fourth-order valence-electron chi connectivity index (χ4n) is 2.08. The number of rotatable bonds is 14. The quantitative estimate of drug-likeness (QED) is 0.0946. The van der Waals surface area contributed by atoms with Crippen molar-refractivity contribution >= 4 is 110 Å². The predicted octanol–water partition coefficient (Wildman–Crippen LogP) is 9.16. The molecule has 0 spiro atoms. The van der Waals surface area contributed by atoms with Gasteiger partial charge in [0.1, 0.15) is 0 Å². The third-order valence-electron chi connectivity index (χ3n) is 3.11. The Balaban J connectivity index is 3.37. The van der Waals surface area contributed by atoms with Crippen molar-refractivity contribution in [2.75, 3.05) is 11.5 Å². The largest absolute Gasteiger partial charge is 0.341 e. The van der Waals surface area contributed by atoms with Crippen molar-refractivity contribution in [2.24, 2.45) is 11.8 Å². The monoisotopic (exact) mass is 530 g/mol. The summed E-state index contributed by atoms with van der Waals surface area (Å²) in [5.74, 6) is 3.32. The molecule has 23 heavy (non-hydrogen) atoms. The van der Waals surface area contributed by atoms with E-state index in [9.17, 15) is 0 Å². The molecule has 0 fully saturated rings. The summed E-state index contributed by atoms with van der Waals surface area (Å²) in [6.07, 6.45) is 4.63. The summed E-state index contributed by atoms with van der Waals surface area (Å²) in [5, 5.41) is 0. The maximum Gasteiger partial charge on any atom is 0.341 e. The van der Waals surface area contributed by atoms with Crippen molar-refractivity contribution in [1.29, 1.82) is 0 Å². The molecule has 11 heteroatoms. The van der Waals surface area contributed by atoms with Crippen LogP contribution in [0.1, 0.15) is 39.5 Å². The van der Waals surface area contributed by atoms with E-state index in [1.807, 2.05) is 31.4 Å². The maximum atomic E-state index is 5.93. The summed E-state index contributed by atoms with van der Waals surface area (Å²) in [7, 11) is 5.71. The summed E-state index contributed by atoms with van der Waals surface area (Å²) in [6, 6.07) is -3.39. The Morgan fingerprint density at radius 1 is 0.696 bits per heavy atom. The van der Waals surface area contributed by atoms with Crippen molar-refractivity contribution in [3.8, 4) is 0 Å². The fourth-order valence-corrected chi connectivity index (χ4v) is 12.7. The van der Waals surface area contributed by atoms with Gasteiger partial charge in [0.15, 0.2) is 0 Å². The van der Waals surface area contributed by atoms with Gasteiger partial charge in [-0.1, -0.05) is 48.3 Å². The van der Waals surface area contributed by atoms with Gasteiger partial charge in [0.05, 0.1) is 0 Å². The molecule has 140 valence electrons. The van der Waals surface area contributed by atoms with Crippen molar-refractivity contribution in [3.05, 3.63) is 0 Å². The summed E-state index contributed by atoms with van der Waals surface area (Å²) >= 11 is 35.6. The molecule has 0 bridgehead atoms. The molecule has 0 radical (unpaired) electrons. The topological polar surface area (TPSA) is 0 Å². The van der Waals surface area contributed by atoms with Gasteiger partial charge >= 0.3 is 12.0 Å². The van der Waals surface area contributed by atoms with Gasteiger partial charge in [-0.25, -0.2) is 0 Å². The standard InChI is InChI=1S/C12H24Cl6S3Si2/c1-11(9-22(13,14)15)5-3-7-19-21-20-8-4-6-12(2)10-23(16,17)18/h11-12H,3-10H2,1-2H3. The van der Waals surface area contributed by atoms with Gasteiger partial charge in [0, 0.05) is 11.5 Å². The van der Waals surface area contributed by atoms with Crippen molar-refractivity contribution in [3.63, 3.8) is 0 Å². The van der Waals surface area contributed by atoms with Gasteiger partial charge in [0.2, 0.25) is 0 Å². The number of hydrogen-bond acceptors (Lipinski definition) is 3. The van der Waals surface area contributed by atoms with Gasteiger partial charge in [-0.2, -0.15) is 0 Å². The van der Waals surface area contributed by atoms with Crippen molar-refractivity contribution in [1.82, 2.24) is 0 Å². The van der Waals surface area contributed by atoms with E-state index in [1.54, 1.807) is 0 Å².